The molecule has 0 aliphatic heterocycles. The van der Waals surface area contributed by atoms with Gasteiger partial charge in [0.1, 0.15) is 10.7 Å². The van der Waals surface area contributed by atoms with Gasteiger partial charge in [0.05, 0.1) is 5.69 Å². The van der Waals surface area contributed by atoms with Crippen LogP contribution in [-0.4, -0.2) is 27.0 Å². The highest BCUT2D eigenvalue weighted by atomic mass is 32.2. The van der Waals surface area contributed by atoms with Gasteiger partial charge < -0.3 is 10.3 Å². The maximum atomic E-state index is 12.9. The van der Waals surface area contributed by atoms with Crippen molar-refractivity contribution in [3.05, 3.63) is 48.0 Å². The summed E-state index contributed by atoms with van der Waals surface area (Å²) in [6, 6.07) is 6.92. The van der Waals surface area contributed by atoms with Gasteiger partial charge in [-0.05, 0) is 36.9 Å². The van der Waals surface area contributed by atoms with Crippen molar-refractivity contribution in [2.24, 2.45) is 0 Å². The SMILES string of the molecule is CCNCc1cc(S(=O)(=O)N(C)c2ccc(F)cc2)c[nH]1. The molecule has 0 amide bonds. The lowest BCUT2D eigenvalue weighted by molar-refractivity contribution is 0.594. The van der Waals surface area contributed by atoms with E-state index >= 15 is 0 Å². The Balaban J connectivity index is 2.24. The smallest absolute Gasteiger partial charge is 0.265 e. The Hall–Kier alpha value is -1.86. The maximum Gasteiger partial charge on any atom is 0.265 e. The summed E-state index contributed by atoms with van der Waals surface area (Å²) in [5.74, 6) is -0.404. The third kappa shape index (κ3) is 3.43. The number of H-pyrrole nitrogens is 1. The van der Waals surface area contributed by atoms with Crippen LogP contribution in [0.1, 0.15) is 12.6 Å². The zero-order valence-corrected chi connectivity index (χ0v) is 12.7. The highest BCUT2D eigenvalue weighted by molar-refractivity contribution is 7.92. The fourth-order valence-corrected chi connectivity index (χ4v) is 3.09. The van der Waals surface area contributed by atoms with E-state index in [9.17, 15) is 12.8 Å². The standard InChI is InChI=1S/C14H18FN3O2S/c1-3-16-9-12-8-14(10-17-12)21(19,20)18(2)13-6-4-11(15)5-7-13/h4-8,10,16-17H,3,9H2,1-2H3. The fourth-order valence-electron chi connectivity index (χ4n) is 1.88. The average Bonchev–Trinajstić information content (AvgIpc) is 2.94. The molecular formula is C14H18FN3O2S. The Morgan fingerprint density at radius 3 is 2.57 bits per heavy atom. The maximum absolute atomic E-state index is 12.9. The predicted octanol–water partition coefficient (Wildman–Crippen LogP) is 2.09. The van der Waals surface area contributed by atoms with Crippen LogP contribution >= 0.6 is 0 Å². The molecule has 0 atom stereocenters. The van der Waals surface area contributed by atoms with Crippen molar-refractivity contribution >= 4 is 15.7 Å². The summed E-state index contributed by atoms with van der Waals surface area (Å²) in [6.07, 6.45) is 1.46. The van der Waals surface area contributed by atoms with Crippen molar-refractivity contribution in [3.8, 4) is 0 Å². The molecule has 0 unspecified atom stereocenters. The van der Waals surface area contributed by atoms with Crippen molar-refractivity contribution < 1.29 is 12.8 Å². The normalized spacial score (nSPS) is 11.6. The molecule has 2 rings (SSSR count). The van der Waals surface area contributed by atoms with E-state index in [-0.39, 0.29) is 4.90 Å². The molecule has 0 spiro atoms. The molecule has 0 aliphatic carbocycles. The first-order valence-corrected chi connectivity index (χ1v) is 8.01. The number of hydrogen-bond donors (Lipinski definition) is 2. The van der Waals surface area contributed by atoms with Gasteiger partial charge in [-0.15, -0.1) is 0 Å². The number of aromatic amines is 1. The van der Waals surface area contributed by atoms with Crippen molar-refractivity contribution in [2.45, 2.75) is 18.4 Å². The first-order chi connectivity index (χ1) is 9.95. The highest BCUT2D eigenvalue weighted by Crippen LogP contribution is 2.22. The topological polar surface area (TPSA) is 65.2 Å². The second-order valence-electron chi connectivity index (χ2n) is 4.59. The number of benzene rings is 1. The Morgan fingerprint density at radius 1 is 1.29 bits per heavy atom. The van der Waals surface area contributed by atoms with Crippen LogP contribution in [0.2, 0.25) is 0 Å². The van der Waals surface area contributed by atoms with E-state index in [0.717, 1.165) is 16.5 Å². The molecule has 1 heterocycles. The zero-order valence-electron chi connectivity index (χ0n) is 11.9. The number of aromatic nitrogens is 1. The van der Waals surface area contributed by atoms with Gasteiger partial charge in [0.25, 0.3) is 10.0 Å². The number of hydrogen-bond acceptors (Lipinski definition) is 3. The quantitative estimate of drug-likeness (QED) is 0.858. The summed E-state index contributed by atoms with van der Waals surface area (Å²) in [7, 11) is -2.21. The summed E-state index contributed by atoms with van der Waals surface area (Å²) in [6.45, 7) is 3.35. The zero-order chi connectivity index (χ0) is 15.5. The second kappa shape index (κ2) is 6.28. The highest BCUT2D eigenvalue weighted by Gasteiger charge is 2.22. The van der Waals surface area contributed by atoms with Gasteiger partial charge in [0.15, 0.2) is 0 Å². The van der Waals surface area contributed by atoms with Crippen LogP contribution in [0.25, 0.3) is 0 Å². The van der Waals surface area contributed by atoms with Gasteiger partial charge in [-0.1, -0.05) is 6.92 Å². The Kier molecular flexibility index (Phi) is 4.64. The molecule has 0 saturated carbocycles. The van der Waals surface area contributed by atoms with Gasteiger partial charge in [-0.2, -0.15) is 0 Å². The molecule has 2 aromatic rings. The van der Waals surface area contributed by atoms with Crippen molar-refractivity contribution in [3.63, 3.8) is 0 Å². The number of anilines is 1. The lowest BCUT2D eigenvalue weighted by atomic mass is 10.3. The first-order valence-electron chi connectivity index (χ1n) is 6.57. The number of rotatable bonds is 6. The number of sulfonamides is 1. The van der Waals surface area contributed by atoms with Gasteiger partial charge in [-0.25, -0.2) is 12.8 Å². The Morgan fingerprint density at radius 2 is 1.95 bits per heavy atom. The van der Waals surface area contributed by atoms with Gasteiger partial charge >= 0.3 is 0 Å². The van der Waals surface area contributed by atoms with Crippen LogP contribution < -0.4 is 9.62 Å². The van der Waals surface area contributed by atoms with Crippen molar-refractivity contribution in [2.75, 3.05) is 17.9 Å². The van der Waals surface area contributed by atoms with Gasteiger partial charge in [0.2, 0.25) is 0 Å². The molecule has 0 saturated heterocycles. The van der Waals surface area contributed by atoms with Gasteiger partial charge in [-0.3, -0.25) is 4.31 Å². The fraction of sp³-hybridized carbons (Fsp3) is 0.286. The van der Waals surface area contributed by atoms with Crippen LogP contribution in [0, 0.1) is 5.82 Å². The largest absolute Gasteiger partial charge is 0.363 e. The lowest BCUT2D eigenvalue weighted by Crippen LogP contribution is -2.26. The molecule has 7 heteroatoms. The Bertz CT molecular complexity index is 695. The average molecular weight is 311 g/mol. The molecule has 21 heavy (non-hydrogen) atoms. The number of halogens is 1. The van der Waals surface area contributed by atoms with Crippen molar-refractivity contribution in [1.82, 2.24) is 10.3 Å². The molecule has 0 aliphatic rings. The molecule has 0 radical (unpaired) electrons. The van der Waals surface area contributed by atoms with E-state index in [2.05, 4.69) is 10.3 Å². The van der Waals surface area contributed by atoms with Gasteiger partial charge in [0, 0.05) is 25.5 Å². The summed E-state index contributed by atoms with van der Waals surface area (Å²) in [4.78, 5) is 3.12. The van der Waals surface area contributed by atoms with Crippen LogP contribution in [0.15, 0.2) is 41.4 Å². The van der Waals surface area contributed by atoms with Crippen LogP contribution in [0.5, 0.6) is 0 Å². The van der Waals surface area contributed by atoms with Crippen LogP contribution in [-0.2, 0) is 16.6 Å². The molecule has 0 bridgehead atoms. The summed E-state index contributed by atoms with van der Waals surface area (Å²) in [5.41, 5.74) is 1.20. The minimum absolute atomic E-state index is 0.183. The molecule has 5 nitrogen and oxygen atoms in total. The van der Waals surface area contributed by atoms with E-state index in [0.29, 0.717) is 12.2 Å². The van der Waals surface area contributed by atoms with Crippen molar-refractivity contribution in [1.29, 1.82) is 0 Å². The molecule has 2 N–H and O–H groups in total. The minimum Gasteiger partial charge on any atom is -0.363 e. The molecule has 1 aromatic carbocycles. The van der Waals surface area contributed by atoms with E-state index in [1.807, 2.05) is 6.92 Å². The minimum atomic E-state index is -3.66. The first kappa shape index (κ1) is 15.5. The molecular weight excluding hydrogens is 293 g/mol. The van der Waals surface area contributed by atoms with Crippen LogP contribution in [0.4, 0.5) is 10.1 Å². The Labute approximate surface area is 123 Å². The number of nitrogens with one attached hydrogen (secondary N) is 2. The van der Waals surface area contributed by atoms with E-state index < -0.39 is 15.8 Å². The van der Waals surface area contributed by atoms with Crippen LogP contribution in [0.3, 0.4) is 0 Å². The predicted molar refractivity (Wildman–Crippen MR) is 80.2 cm³/mol. The molecule has 114 valence electrons. The second-order valence-corrected chi connectivity index (χ2v) is 6.56. The lowest BCUT2D eigenvalue weighted by Gasteiger charge is -2.18. The monoisotopic (exact) mass is 311 g/mol. The third-order valence-electron chi connectivity index (χ3n) is 3.13. The summed E-state index contributed by atoms with van der Waals surface area (Å²) >= 11 is 0. The van der Waals surface area contributed by atoms with E-state index in [1.54, 1.807) is 6.07 Å². The summed E-state index contributed by atoms with van der Waals surface area (Å²) in [5, 5.41) is 3.12. The van der Waals surface area contributed by atoms with E-state index in [1.165, 1.54) is 37.5 Å². The van der Waals surface area contributed by atoms with E-state index in [4.69, 9.17) is 0 Å². The molecule has 0 fully saturated rings. The number of nitrogens with zero attached hydrogens (tertiary/aromatic N) is 1. The molecule has 1 aromatic heterocycles. The summed E-state index contributed by atoms with van der Waals surface area (Å²) < 4.78 is 39.0. The third-order valence-corrected chi connectivity index (χ3v) is 4.89.